The third kappa shape index (κ3) is 5.35. The molecule has 0 saturated carbocycles. The van der Waals surface area contributed by atoms with Gasteiger partial charge in [-0.1, -0.05) is 62.7 Å². The minimum Gasteiger partial charge on any atom is -0.481 e. The Balaban J connectivity index is 2.03. The number of carbonyl (C=O) groups is 1. The predicted octanol–water partition coefficient (Wildman–Crippen LogP) is 4.98. The van der Waals surface area contributed by atoms with Gasteiger partial charge in [-0.15, -0.1) is 0 Å². The van der Waals surface area contributed by atoms with Crippen LogP contribution in [0.4, 0.5) is 0 Å². The fraction of sp³-hybridized carbons (Fsp3) is 0.409. The molecule has 0 aromatic heterocycles. The summed E-state index contributed by atoms with van der Waals surface area (Å²) in [6, 6.07) is 16.3. The van der Waals surface area contributed by atoms with Crippen molar-refractivity contribution in [2.45, 2.75) is 59.1 Å². The molecule has 0 aliphatic carbocycles. The summed E-state index contributed by atoms with van der Waals surface area (Å²) in [7, 11) is 0. The summed E-state index contributed by atoms with van der Waals surface area (Å²) in [6.45, 7) is 8.23. The summed E-state index contributed by atoms with van der Waals surface area (Å²) < 4.78 is 5.91. The van der Waals surface area contributed by atoms with Gasteiger partial charge in [-0.05, 0) is 49.4 Å². The maximum absolute atomic E-state index is 12.7. The van der Waals surface area contributed by atoms with E-state index in [2.05, 4.69) is 50.4 Å². The molecular weight excluding hydrogens is 310 g/mol. The van der Waals surface area contributed by atoms with E-state index in [0.29, 0.717) is 6.42 Å². The molecule has 25 heavy (non-hydrogen) atoms. The first-order valence-electron chi connectivity index (χ1n) is 9.19. The maximum Gasteiger partial charge on any atom is 0.261 e. The van der Waals surface area contributed by atoms with Gasteiger partial charge in [-0.2, -0.15) is 0 Å². The molecule has 3 heteroatoms. The van der Waals surface area contributed by atoms with Gasteiger partial charge in [0.15, 0.2) is 6.10 Å². The molecule has 2 aromatic rings. The summed E-state index contributed by atoms with van der Waals surface area (Å²) in [5, 5.41) is 3.13. The Kier molecular flexibility index (Phi) is 7.05. The SMILES string of the molecule is CCc1ccc(O[C@@H](CC)C(=O)N[C@H](CC)c2ccc(C)cc2)cc1. The number of carbonyl (C=O) groups excluding carboxylic acids is 1. The zero-order chi connectivity index (χ0) is 18.2. The number of nitrogens with one attached hydrogen (secondary N) is 1. The van der Waals surface area contributed by atoms with Gasteiger partial charge in [-0.3, -0.25) is 4.79 Å². The maximum atomic E-state index is 12.7. The minimum absolute atomic E-state index is 0.00761. The normalized spacial score (nSPS) is 13.1. The van der Waals surface area contributed by atoms with E-state index in [4.69, 9.17) is 4.74 Å². The van der Waals surface area contributed by atoms with Crippen molar-refractivity contribution < 1.29 is 9.53 Å². The van der Waals surface area contributed by atoms with Gasteiger partial charge in [-0.25, -0.2) is 0 Å². The Labute approximate surface area is 151 Å². The summed E-state index contributed by atoms with van der Waals surface area (Å²) in [6.07, 6.45) is 1.99. The lowest BCUT2D eigenvalue weighted by Crippen LogP contribution is -2.39. The van der Waals surface area contributed by atoms with E-state index in [1.54, 1.807) is 0 Å². The van der Waals surface area contributed by atoms with E-state index >= 15 is 0 Å². The molecule has 134 valence electrons. The van der Waals surface area contributed by atoms with Crippen molar-refractivity contribution in [1.29, 1.82) is 0 Å². The van der Waals surface area contributed by atoms with E-state index in [9.17, 15) is 4.79 Å². The van der Waals surface area contributed by atoms with Crippen LogP contribution in [0.1, 0.15) is 56.3 Å². The molecule has 1 N–H and O–H groups in total. The summed E-state index contributed by atoms with van der Waals surface area (Å²) >= 11 is 0. The quantitative estimate of drug-likeness (QED) is 0.736. The Morgan fingerprint density at radius 1 is 0.960 bits per heavy atom. The van der Waals surface area contributed by atoms with Gasteiger partial charge in [0.1, 0.15) is 5.75 Å². The van der Waals surface area contributed by atoms with Crippen molar-refractivity contribution in [3.8, 4) is 5.75 Å². The fourth-order valence-corrected chi connectivity index (χ4v) is 2.77. The lowest BCUT2D eigenvalue weighted by molar-refractivity contribution is -0.128. The van der Waals surface area contributed by atoms with Gasteiger partial charge in [0, 0.05) is 0 Å². The lowest BCUT2D eigenvalue weighted by atomic mass is 10.0. The van der Waals surface area contributed by atoms with E-state index in [-0.39, 0.29) is 11.9 Å². The molecule has 0 heterocycles. The van der Waals surface area contributed by atoms with E-state index in [1.807, 2.05) is 31.2 Å². The highest BCUT2D eigenvalue weighted by Gasteiger charge is 2.21. The van der Waals surface area contributed by atoms with Gasteiger partial charge in [0.2, 0.25) is 0 Å². The monoisotopic (exact) mass is 339 g/mol. The van der Waals surface area contributed by atoms with Crippen LogP contribution >= 0.6 is 0 Å². The number of rotatable bonds is 8. The largest absolute Gasteiger partial charge is 0.481 e. The van der Waals surface area contributed by atoms with Crippen LogP contribution in [0.25, 0.3) is 0 Å². The van der Waals surface area contributed by atoms with Gasteiger partial charge >= 0.3 is 0 Å². The van der Waals surface area contributed by atoms with Gasteiger partial charge in [0.05, 0.1) is 6.04 Å². The van der Waals surface area contributed by atoms with Crippen LogP contribution in [-0.2, 0) is 11.2 Å². The Morgan fingerprint density at radius 2 is 1.60 bits per heavy atom. The van der Waals surface area contributed by atoms with Crippen LogP contribution < -0.4 is 10.1 Å². The van der Waals surface area contributed by atoms with Crippen LogP contribution in [-0.4, -0.2) is 12.0 Å². The molecule has 0 spiro atoms. The van der Waals surface area contributed by atoms with E-state index in [1.165, 1.54) is 11.1 Å². The van der Waals surface area contributed by atoms with E-state index in [0.717, 1.165) is 24.2 Å². The van der Waals surface area contributed by atoms with Crippen LogP contribution in [0, 0.1) is 6.92 Å². The summed E-state index contributed by atoms with van der Waals surface area (Å²) in [4.78, 5) is 12.7. The molecule has 1 amide bonds. The average molecular weight is 339 g/mol. The molecule has 0 unspecified atom stereocenters. The number of amides is 1. The molecule has 2 aromatic carbocycles. The van der Waals surface area contributed by atoms with Crippen LogP contribution in [0.5, 0.6) is 5.75 Å². The highest BCUT2D eigenvalue weighted by atomic mass is 16.5. The second-order valence-corrected chi connectivity index (χ2v) is 6.39. The molecule has 0 bridgehead atoms. The minimum atomic E-state index is -0.480. The molecule has 2 rings (SSSR count). The number of benzene rings is 2. The molecule has 0 radical (unpaired) electrons. The average Bonchev–Trinajstić information content (AvgIpc) is 2.65. The molecule has 0 aliphatic rings. The number of aryl methyl sites for hydroxylation is 2. The summed E-state index contributed by atoms with van der Waals surface area (Å²) in [5.74, 6) is 0.678. The molecular formula is C22H29NO2. The van der Waals surface area contributed by atoms with Crippen LogP contribution in [0.2, 0.25) is 0 Å². The van der Waals surface area contributed by atoms with Crippen molar-refractivity contribution in [2.24, 2.45) is 0 Å². The Bertz CT molecular complexity index is 661. The predicted molar refractivity (Wildman–Crippen MR) is 103 cm³/mol. The first kappa shape index (κ1) is 19.0. The third-order valence-electron chi connectivity index (χ3n) is 4.48. The van der Waals surface area contributed by atoms with Crippen LogP contribution in [0.3, 0.4) is 0 Å². The second kappa shape index (κ2) is 9.26. The second-order valence-electron chi connectivity index (χ2n) is 6.39. The third-order valence-corrected chi connectivity index (χ3v) is 4.48. The lowest BCUT2D eigenvalue weighted by Gasteiger charge is -2.22. The first-order chi connectivity index (χ1) is 12.1. The molecule has 2 atom stereocenters. The molecule has 0 saturated heterocycles. The molecule has 0 fully saturated rings. The van der Waals surface area contributed by atoms with Crippen LogP contribution in [0.15, 0.2) is 48.5 Å². The van der Waals surface area contributed by atoms with Gasteiger partial charge in [0.25, 0.3) is 5.91 Å². The number of hydrogen-bond donors (Lipinski definition) is 1. The van der Waals surface area contributed by atoms with Crippen molar-refractivity contribution in [1.82, 2.24) is 5.32 Å². The topological polar surface area (TPSA) is 38.3 Å². The highest BCUT2D eigenvalue weighted by molar-refractivity contribution is 5.81. The fourth-order valence-electron chi connectivity index (χ4n) is 2.77. The van der Waals surface area contributed by atoms with E-state index < -0.39 is 6.10 Å². The van der Waals surface area contributed by atoms with Crippen molar-refractivity contribution in [2.75, 3.05) is 0 Å². The number of ether oxygens (including phenoxy) is 1. The Morgan fingerprint density at radius 3 is 2.12 bits per heavy atom. The molecule has 0 aliphatic heterocycles. The van der Waals surface area contributed by atoms with Gasteiger partial charge < -0.3 is 10.1 Å². The Hall–Kier alpha value is -2.29. The highest BCUT2D eigenvalue weighted by Crippen LogP contribution is 2.19. The molecule has 3 nitrogen and oxygen atoms in total. The standard InChI is InChI=1S/C22H29NO2/c1-5-17-10-14-19(15-11-17)25-21(7-3)22(24)23-20(6-2)18-12-8-16(4)9-13-18/h8-15,20-21H,5-7H2,1-4H3,(H,23,24)/t20-,21+/m1/s1. The number of hydrogen-bond acceptors (Lipinski definition) is 2. The zero-order valence-electron chi connectivity index (χ0n) is 15.7. The smallest absolute Gasteiger partial charge is 0.261 e. The van der Waals surface area contributed by atoms with Crippen molar-refractivity contribution >= 4 is 5.91 Å². The summed E-state index contributed by atoms with van der Waals surface area (Å²) in [5.41, 5.74) is 3.61. The first-order valence-corrected chi connectivity index (χ1v) is 9.19. The zero-order valence-corrected chi connectivity index (χ0v) is 15.7. The van der Waals surface area contributed by atoms with Crippen molar-refractivity contribution in [3.05, 3.63) is 65.2 Å². The van der Waals surface area contributed by atoms with Crippen molar-refractivity contribution in [3.63, 3.8) is 0 Å².